The number of rotatable bonds is 7. The predicted molar refractivity (Wildman–Crippen MR) is 66.8 cm³/mol. The van der Waals surface area contributed by atoms with Gasteiger partial charge in [0.05, 0.1) is 5.92 Å². The molecule has 1 unspecified atom stereocenters. The highest BCUT2D eigenvalue weighted by atomic mass is 16.5. The molecule has 1 saturated heterocycles. The summed E-state index contributed by atoms with van der Waals surface area (Å²) in [5.41, 5.74) is 0. The Morgan fingerprint density at radius 3 is 2.94 bits per heavy atom. The smallest absolute Gasteiger partial charge is 0.224 e. The molecule has 0 aromatic carbocycles. The van der Waals surface area contributed by atoms with Crippen molar-refractivity contribution < 1.29 is 9.53 Å². The molecule has 2 N–H and O–H groups in total. The van der Waals surface area contributed by atoms with Gasteiger partial charge in [-0.15, -0.1) is 0 Å². The van der Waals surface area contributed by atoms with E-state index in [1.807, 2.05) is 0 Å². The molecule has 1 aliphatic carbocycles. The van der Waals surface area contributed by atoms with E-state index in [0.717, 1.165) is 58.0 Å². The van der Waals surface area contributed by atoms with Crippen LogP contribution in [0.3, 0.4) is 0 Å². The lowest BCUT2D eigenvalue weighted by Gasteiger charge is -2.21. The molecule has 4 heteroatoms. The third-order valence-electron chi connectivity index (χ3n) is 3.48. The minimum absolute atomic E-state index is 0.177. The fourth-order valence-corrected chi connectivity index (χ4v) is 2.14. The highest BCUT2D eigenvalue weighted by Gasteiger charge is 2.21. The van der Waals surface area contributed by atoms with E-state index in [-0.39, 0.29) is 11.8 Å². The maximum absolute atomic E-state index is 11.8. The monoisotopic (exact) mass is 240 g/mol. The second-order valence-corrected chi connectivity index (χ2v) is 5.21. The normalized spacial score (nSPS) is 24.6. The van der Waals surface area contributed by atoms with E-state index in [0.29, 0.717) is 0 Å². The van der Waals surface area contributed by atoms with Gasteiger partial charge in [-0.05, 0) is 44.6 Å². The maximum atomic E-state index is 11.8. The Morgan fingerprint density at radius 2 is 2.24 bits per heavy atom. The average Bonchev–Trinajstić information content (AvgIpc) is 3.18. The van der Waals surface area contributed by atoms with Gasteiger partial charge in [-0.2, -0.15) is 0 Å². The van der Waals surface area contributed by atoms with E-state index in [1.54, 1.807) is 0 Å². The number of hydrogen-bond acceptors (Lipinski definition) is 3. The van der Waals surface area contributed by atoms with Crippen LogP contribution in [0.4, 0.5) is 0 Å². The molecule has 4 nitrogen and oxygen atoms in total. The number of hydrogen-bond donors (Lipinski definition) is 2. The first-order chi connectivity index (χ1) is 8.36. The van der Waals surface area contributed by atoms with Crippen LogP contribution in [-0.2, 0) is 9.53 Å². The second-order valence-electron chi connectivity index (χ2n) is 5.21. The van der Waals surface area contributed by atoms with Gasteiger partial charge < -0.3 is 15.4 Å². The van der Waals surface area contributed by atoms with Gasteiger partial charge in [-0.25, -0.2) is 0 Å². The molecule has 2 fully saturated rings. The minimum atomic E-state index is 0.177. The van der Waals surface area contributed by atoms with Crippen LogP contribution < -0.4 is 10.6 Å². The summed E-state index contributed by atoms with van der Waals surface area (Å²) >= 11 is 0. The van der Waals surface area contributed by atoms with E-state index in [9.17, 15) is 4.79 Å². The van der Waals surface area contributed by atoms with Gasteiger partial charge in [-0.1, -0.05) is 0 Å². The number of amides is 1. The van der Waals surface area contributed by atoms with Crippen molar-refractivity contribution in [3.8, 4) is 0 Å². The van der Waals surface area contributed by atoms with Gasteiger partial charge >= 0.3 is 0 Å². The fraction of sp³-hybridized carbons (Fsp3) is 0.923. The second kappa shape index (κ2) is 6.97. The highest BCUT2D eigenvalue weighted by molar-refractivity contribution is 5.78. The SMILES string of the molecule is O=C(NCCCOCC1CC1)C1CCCNC1. The Balaban J connectivity index is 1.44. The third-order valence-corrected chi connectivity index (χ3v) is 3.48. The standard InChI is InChI=1S/C13H24N2O2/c16-13(12-3-1-6-14-9-12)15-7-2-8-17-10-11-4-5-11/h11-12,14H,1-10H2,(H,15,16). The fourth-order valence-electron chi connectivity index (χ4n) is 2.14. The van der Waals surface area contributed by atoms with Crippen molar-refractivity contribution in [2.75, 3.05) is 32.8 Å². The number of ether oxygens (including phenoxy) is 1. The van der Waals surface area contributed by atoms with Crippen molar-refractivity contribution in [3.63, 3.8) is 0 Å². The molecule has 1 amide bonds. The summed E-state index contributed by atoms with van der Waals surface area (Å²) in [6.45, 7) is 4.34. The predicted octanol–water partition coefficient (Wildman–Crippen LogP) is 0.919. The lowest BCUT2D eigenvalue weighted by Crippen LogP contribution is -2.40. The summed E-state index contributed by atoms with van der Waals surface area (Å²) in [5.74, 6) is 1.22. The average molecular weight is 240 g/mol. The molecule has 0 bridgehead atoms. The first-order valence-corrected chi connectivity index (χ1v) is 6.92. The van der Waals surface area contributed by atoms with Crippen molar-refractivity contribution >= 4 is 5.91 Å². The van der Waals surface area contributed by atoms with Crippen LogP contribution in [0.2, 0.25) is 0 Å². The Morgan fingerprint density at radius 1 is 1.35 bits per heavy atom. The molecular weight excluding hydrogens is 216 g/mol. The van der Waals surface area contributed by atoms with E-state index in [2.05, 4.69) is 10.6 Å². The zero-order valence-corrected chi connectivity index (χ0v) is 10.5. The Labute approximate surface area is 103 Å². The molecule has 0 aromatic heterocycles. The molecule has 1 heterocycles. The molecule has 1 aliphatic heterocycles. The molecule has 1 saturated carbocycles. The zero-order chi connectivity index (χ0) is 11.9. The van der Waals surface area contributed by atoms with Crippen LogP contribution in [-0.4, -0.2) is 38.8 Å². The molecule has 2 aliphatic rings. The van der Waals surface area contributed by atoms with Crippen molar-refractivity contribution in [2.45, 2.75) is 32.1 Å². The number of carbonyl (C=O) groups excluding carboxylic acids is 1. The Bertz CT molecular complexity index is 236. The highest BCUT2D eigenvalue weighted by Crippen LogP contribution is 2.28. The first-order valence-electron chi connectivity index (χ1n) is 6.92. The molecule has 2 rings (SSSR count). The Hall–Kier alpha value is -0.610. The van der Waals surface area contributed by atoms with Crippen LogP contribution in [0.5, 0.6) is 0 Å². The molecule has 1 atom stereocenters. The van der Waals surface area contributed by atoms with Crippen LogP contribution >= 0.6 is 0 Å². The maximum Gasteiger partial charge on any atom is 0.224 e. The van der Waals surface area contributed by atoms with Gasteiger partial charge in [0.1, 0.15) is 0 Å². The Kier molecular flexibility index (Phi) is 5.26. The van der Waals surface area contributed by atoms with Gasteiger partial charge in [0.25, 0.3) is 0 Å². The van der Waals surface area contributed by atoms with Crippen LogP contribution in [0, 0.1) is 11.8 Å². The van der Waals surface area contributed by atoms with E-state index >= 15 is 0 Å². The minimum Gasteiger partial charge on any atom is -0.381 e. The number of nitrogens with one attached hydrogen (secondary N) is 2. The summed E-state index contributed by atoms with van der Waals surface area (Å²) in [4.78, 5) is 11.8. The third kappa shape index (κ3) is 5.04. The molecule has 17 heavy (non-hydrogen) atoms. The van der Waals surface area contributed by atoms with Gasteiger partial charge in [0, 0.05) is 26.3 Å². The van der Waals surface area contributed by atoms with Crippen molar-refractivity contribution in [3.05, 3.63) is 0 Å². The summed E-state index contributed by atoms with van der Waals surface area (Å²) < 4.78 is 5.52. The summed E-state index contributed by atoms with van der Waals surface area (Å²) in [5, 5.41) is 6.26. The quantitative estimate of drug-likeness (QED) is 0.651. The van der Waals surface area contributed by atoms with Crippen molar-refractivity contribution in [1.82, 2.24) is 10.6 Å². The first kappa shape index (κ1) is 12.8. The summed E-state index contributed by atoms with van der Waals surface area (Å²) in [7, 11) is 0. The molecule has 0 radical (unpaired) electrons. The van der Waals surface area contributed by atoms with E-state index in [4.69, 9.17) is 4.74 Å². The lowest BCUT2D eigenvalue weighted by molar-refractivity contribution is -0.125. The largest absolute Gasteiger partial charge is 0.381 e. The van der Waals surface area contributed by atoms with E-state index < -0.39 is 0 Å². The van der Waals surface area contributed by atoms with Crippen molar-refractivity contribution in [1.29, 1.82) is 0 Å². The van der Waals surface area contributed by atoms with Crippen molar-refractivity contribution in [2.24, 2.45) is 11.8 Å². The number of carbonyl (C=O) groups is 1. The van der Waals surface area contributed by atoms with Gasteiger partial charge in [-0.3, -0.25) is 4.79 Å². The van der Waals surface area contributed by atoms with E-state index in [1.165, 1.54) is 12.8 Å². The molecule has 0 aromatic rings. The lowest BCUT2D eigenvalue weighted by atomic mass is 9.99. The summed E-state index contributed by atoms with van der Waals surface area (Å²) in [6, 6.07) is 0. The van der Waals surface area contributed by atoms with Gasteiger partial charge in [0.15, 0.2) is 0 Å². The molecular formula is C13H24N2O2. The molecule has 98 valence electrons. The van der Waals surface area contributed by atoms with Crippen LogP contribution in [0.15, 0.2) is 0 Å². The van der Waals surface area contributed by atoms with Crippen LogP contribution in [0.1, 0.15) is 32.1 Å². The summed E-state index contributed by atoms with van der Waals surface area (Å²) in [6.07, 6.45) is 5.75. The number of piperidine rings is 1. The topological polar surface area (TPSA) is 50.4 Å². The van der Waals surface area contributed by atoms with Crippen LogP contribution in [0.25, 0.3) is 0 Å². The van der Waals surface area contributed by atoms with Gasteiger partial charge in [0.2, 0.25) is 5.91 Å². The zero-order valence-electron chi connectivity index (χ0n) is 10.5. The molecule has 0 spiro atoms.